The van der Waals surface area contributed by atoms with Gasteiger partial charge in [-0.25, -0.2) is 4.98 Å². The Morgan fingerprint density at radius 3 is 2.65 bits per heavy atom. The van der Waals surface area contributed by atoms with Crippen molar-refractivity contribution in [2.45, 2.75) is 19.4 Å². The van der Waals surface area contributed by atoms with Gasteiger partial charge in [0.25, 0.3) is 0 Å². The molecule has 31 heavy (non-hydrogen) atoms. The molecule has 0 fully saturated rings. The van der Waals surface area contributed by atoms with E-state index in [-0.39, 0.29) is 11.8 Å². The predicted octanol–water partition coefficient (Wildman–Crippen LogP) is 4.75. The molecule has 1 aliphatic rings. The second-order valence-electron chi connectivity index (χ2n) is 7.08. The molecule has 3 aromatic rings. The second kappa shape index (κ2) is 8.88. The molecule has 2 heterocycles. The van der Waals surface area contributed by atoms with Crippen LogP contribution in [0.1, 0.15) is 23.6 Å². The number of benzodiazepines with no additional fused rings is 1. The van der Waals surface area contributed by atoms with E-state index in [9.17, 15) is 9.59 Å². The number of benzene rings is 2. The summed E-state index contributed by atoms with van der Waals surface area (Å²) in [5, 5.41) is 6.69. The van der Waals surface area contributed by atoms with Gasteiger partial charge in [-0.05, 0) is 42.0 Å². The number of carbonyl (C=O) groups excluding carboxylic acids is 2. The van der Waals surface area contributed by atoms with Gasteiger partial charge in [-0.2, -0.15) is 0 Å². The van der Waals surface area contributed by atoms with Gasteiger partial charge in [0.1, 0.15) is 11.9 Å². The maximum atomic E-state index is 13.0. The Morgan fingerprint density at radius 1 is 1.13 bits per heavy atom. The van der Waals surface area contributed by atoms with Crippen LogP contribution in [0, 0.1) is 0 Å². The van der Waals surface area contributed by atoms with Gasteiger partial charge in [-0.1, -0.05) is 41.4 Å². The summed E-state index contributed by atoms with van der Waals surface area (Å²) in [5.41, 5.74) is 3.40. The number of hydrogen-bond acceptors (Lipinski definition) is 4. The van der Waals surface area contributed by atoms with Crippen molar-refractivity contribution >= 4 is 52.2 Å². The Labute approximate surface area is 189 Å². The van der Waals surface area contributed by atoms with Crippen LogP contribution < -0.4 is 10.6 Å². The number of rotatable bonds is 4. The maximum Gasteiger partial charge on any atom is 0.249 e. The third-order valence-corrected chi connectivity index (χ3v) is 5.40. The van der Waals surface area contributed by atoms with E-state index in [0.717, 1.165) is 5.56 Å². The van der Waals surface area contributed by atoms with Gasteiger partial charge >= 0.3 is 0 Å². The first kappa shape index (κ1) is 21.0. The zero-order chi connectivity index (χ0) is 22.0. The molecule has 0 spiro atoms. The second-order valence-corrected chi connectivity index (χ2v) is 7.93. The maximum absolute atomic E-state index is 13.0. The minimum Gasteiger partial charge on any atom is -0.324 e. The van der Waals surface area contributed by atoms with Crippen LogP contribution in [0.2, 0.25) is 10.0 Å². The van der Waals surface area contributed by atoms with E-state index < -0.39 is 6.04 Å². The molecule has 1 aromatic heterocycles. The lowest BCUT2D eigenvalue weighted by Crippen LogP contribution is -2.27. The first-order chi connectivity index (χ1) is 14.9. The third kappa shape index (κ3) is 4.76. The van der Waals surface area contributed by atoms with E-state index in [2.05, 4.69) is 15.6 Å². The number of halogens is 2. The number of hydrogen-bond donors (Lipinski definition) is 2. The standard InChI is InChI=1S/C23H18Cl2N4O2/c1-13(30)27-21-9-6-15(12-26-21)22-17-11-16(24)7-8-19(17)29-23(31)20(28-22)10-14-4-2-3-5-18(14)25/h2-9,11-12,20H,10H2,1H3,(H,29,31)(H,26,27,30). The molecule has 0 radical (unpaired) electrons. The molecule has 0 saturated carbocycles. The fraction of sp³-hybridized carbons (Fsp3) is 0.130. The van der Waals surface area contributed by atoms with Crippen LogP contribution in [0.25, 0.3) is 0 Å². The molecule has 4 rings (SSSR count). The molecule has 2 amide bonds. The molecule has 1 unspecified atom stereocenters. The molecule has 8 heteroatoms. The molecular formula is C23H18Cl2N4O2. The van der Waals surface area contributed by atoms with Crippen molar-refractivity contribution in [1.82, 2.24) is 4.98 Å². The van der Waals surface area contributed by atoms with Gasteiger partial charge in [0.15, 0.2) is 0 Å². The summed E-state index contributed by atoms with van der Waals surface area (Å²) in [5.74, 6) is -0.0151. The van der Waals surface area contributed by atoms with E-state index >= 15 is 0 Å². The lowest BCUT2D eigenvalue weighted by atomic mass is 10.0. The molecule has 0 aliphatic carbocycles. The van der Waals surface area contributed by atoms with Gasteiger partial charge in [-0.15, -0.1) is 0 Å². The number of amides is 2. The highest BCUT2D eigenvalue weighted by atomic mass is 35.5. The topological polar surface area (TPSA) is 83.5 Å². The Kier molecular flexibility index (Phi) is 6.02. The van der Waals surface area contributed by atoms with Gasteiger partial charge in [0, 0.05) is 40.7 Å². The first-order valence-corrected chi connectivity index (χ1v) is 10.3. The Bertz CT molecular complexity index is 1190. The summed E-state index contributed by atoms with van der Waals surface area (Å²) in [6, 6.07) is 15.4. The van der Waals surface area contributed by atoms with E-state index in [1.165, 1.54) is 6.92 Å². The number of anilines is 2. The molecule has 0 saturated heterocycles. The number of pyridine rings is 1. The van der Waals surface area contributed by atoms with Gasteiger partial charge in [0.2, 0.25) is 11.8 Å². The number of nitrogens with one attached hydrogen (secondary N) is 2. The number of aromatic nitrogens is 1. The van der Waals surface area contributed by atoms with Crippen molar-refractivity contribution in [1.29, 1.82) is 0 Å². The Morgan fingerprint density at radius 2 is 1.94 bits per heavy atom. The number of nitrogens with zero attached hydrogens (tertiary/aromatic N) is 2. The molecule has 156 valence electrons. The smallest absolute Gasteiger partial charge is 0.249 e. The lowest BCUT2D eigenvalue weighted by Gasteiger charge is -2.12. The highest BCUT2D eigenvalue weighted by Gasteiger charge is 2.27. The van der Waals surface area contributed by atoms with Crippen LogP contribution in [0.4, 0.5) is 11.5 Å². The van der Waals surface area contributed by atoms with Gasteiger partial charge in [-0.3, -0.25) is 14.6 Å². The van der Waals surface area contributed by atoms with Crippen LogP contribution in [-0.4, -0.2) is 28.6 Å². The third-order valence-electron chi connectivity index (χ3n) is 4.79. The van der Waals surface area contributed by atoms with E-state index in [1.807, 2.05) is 18.2 Å². The van der Waals surface area contributed by atoms with Crippen LogP contribution in [0.3, 0.4) is 0 Å². The van der Waals surface area contributed by atoms with Crippen LogP contribution >= 0.6 is 23.2 Å². The summed E-state index contributed by atoms with van der Waals surface area (Å²) in [4.78, 5) is 33.3. The van der Waals surface area contributed by atoms with Gasteiger partial charge in [0.05, 0.1) is 11.4 Å². The highest BCUT2D eigenvalue weighted by Crippen LogP contribution is 2.29. The SMILES string of the molecule is CC(=O)Nc1ccc(C2=NC(Cc3ccccc3Cl)C(=O)Nc3ccc(Cl)cc32)cn1. The number of carbonyl (C=O) groups is 2. The van der Waals surface area contributed by atoms with Crippen molar-refractivity contribution in [2.75, 3.05) is 10.6 Å². The summed E-state index contributed by atoms with van der Waals surface area (Å²) >= 11 is 12.6. The molecule has 2 aromatic carbocycles. The van der Waals surface area contributed by atoms with Crippen molar-refractivity contribution in [2.24, 2.45) is 4.99 Å². The monoisotopic (exact) mass is 452 g/mol. The van der Waals surface area contributed by atoms with Crippen LogP contribution in [0.5, 0.6) is 0 Å². The average molecular weight is 453 g/mol. The summed E-state index contributed by atoms with van der Waals surface area (Å²) in [7, 11) is 0. The van der Waals surface area contributed by atoms with E-state index in [1.54, 1.807) is 42.6 Å². The van der Waals surface area contributed by atoms with Gasteiger partial charge < -0.3 is 10.6 Å². The number of fused-ring (bicyclic) bond motifs is 1. The Balaban J connectivity index is 1.79. The predicted molar refractivity (Wildman–Crippen MR) is 123 cm³/mol. The zero-order valence-electron chi connectivity index (χ0n) is 16.5. The summed E-state index contributed by atoms with van der Waals surface area (Å²) in [6.07, 6.45) is 1.95. The normalized spacial score (nSPS) is 15.4. The minimum absolute atomic E-state index is 0.209. The van der Waals surface area contributed by atoms with Crippen LogP contribution in [0.15, 0.2) is 65.8 Å². The van der Waals surface area contributed by atoms with E-state index in [4.69, 9.17) is 28.2 Å². The molecule has 0 bridgehead atoms. The van der Waals surface area contributed by atoms with E-state index in [0.29, 0.717) is 44.8 Å². The van der Waals surface area contributed by atoms with Crippen molar-refractivity contribution < 1.29 is 9.59 Å². The molecular weight excluding hydrogens is 435 g/mol. The fourth-order valence-electron chi connectivity index (χ4n) is 3.35. The first-order valence-electron chi connectivity index (χ1n) is 9.57. The highest BCUT2D eigenvalue weighted by molar-refractivity contribution is 6.32. The van der Waals surface area contributed by atoms with Crippen LogP contribution in [-0.2, 0) is 16.0 Å². The van der Waals surface area contributed by atoms with Crippen molar-refractivity contribution in [3.05, 3.63) is 87.5 Å². The number of aliphatic imine (C=N–C) groups is 1. The molecule has 2 N–H and O–H groups in total. The minimum atomic E-state index is -0.698. The van der Waals surface area contributed by atoms with Crippen molar-refractivity contribution in [3.8, 4) is 0 Å². The quantitative estimate of drug-likeness (QED) is 0.598. The summed E-state index contributed by atoms with van der Waals surface area (Å²) in [6.45, 7) is 1.42. The largest absolute Gasteiger partial charge is 0.324 e. The molecule has 1 atom stereocenters. The summed E-state index contributed by atoms with van der Waals surface area (Å²) < 4.78 is 0. The molecule has 1 aliphatic heterocycles. The lowest BCUT2D eigenvalue weighted by molar-refractivity contribution is -0.117. The zero-order valence-corrected chi connectivity index (χ0v) is 18.0. The Hall–Kier alpha value is -3.22. The average Bonchev–Trinajstić information content (AvgIpc) is 2.86. The fourth-order valence-corrected chi connectivity index (χ4v) is 3.74. The molecule has 6 nitrogen and oxygen atoms in total. The van der Waals surface area contributed by atoms with Crippen molar-refractivity contribution in [3.63, 3.8) is 0 Å².